The first-order valence-electron chi connectivity index (χ1n) is 11.7. The molecule has 6 rings (SSSR count). The van der Waals surface area contributed by atoms with E-state index in [4.69, 9.17) is 9.26 Å². The molecule has 2 saturated heterocycles. The van der Waals surface area contributed by atoms with Crippen molar-refractivity contribution >= 4 is 34.9 Å². The predicted molar refractivity (Wildman–Crippen MR) is 123 cm³/mol. The number of aromatic nitrogens is 1. The lowest BCUT2D eigenvalue weighted by Gasteiger charge is -2.32. The normalized spacial score (nSPS) is 31.9. The van der Waals surface area contributed by atoms with Crippen molar-refractivity contribution in [3.63, 3.8) is 0 Å². The number of amides is 3. The second-order valence-electron chi connectivity index (χ2n) is 9.55. The van der Waals surface area contributed by atoms with E-state index in [2.05, 4.69) is 15.8 Å². The van der Waals surface area contributed by atoms with Crippen LogP contribution in [0.25, 0.3) is 0 Å². The van der Waals surface area contributed by atoms with Gasteiger partial charge < -0.3 is 24.8 Å². The Morgan fingerprint density at radius 2 is 2.12 bits per heavy atom. The summed E-state index contributed by atoms with van der Waals surface area (Å²) in [6.07, 6.45) is 7.12. The number of hydrogen-bond acceptors (Lipinski definition) is 7. The van der Waals surface area contributed by atoms with Gasteiger partial charge in [-0.15, -0.1) is 11.3 Å². The molecule has 2 aromatic heterocycles. The van der Waals surface area contributed by atoms with Gasteiger partial charge >= 0.3 is 0 Å². The van der Waals surface area contributed by atoms with Gasteiger partial charge in [0.05, 0.1) is 24.5 Å². The van der Waals surface area contributed by atoms with Crippen LogP contribution in [0.15, 0.2) is 40.3 Å². The molecule has 4 aliphatic rings. The number of carbonyl (C=O) groups is 3. The summed E-state index contributed by atoms with van der Waals surface area (Å²) in [5, 5.41) is 11.7. The van der Waals surface area contributed by atoms with E-state index in [1.807, 2.05) is 29.7 Å². The van der Waals surface area contributed by atoms with Gasteiger partial charge in [0.25, 0.3) is 0 Å². The molecule has 5 heterocycles. The molecule has 2 N–H and O–H groups in total. The molecule has 1 spiro atoms. The topological polar surface area (TPSA) is 114 Å². The van der Waals surface area contributed by atoms with Crippen LogP contribution in [0.2, 0.25) is 0 Å². The fourth-order valence-corrected chi connectivity index (χ4v) is 6.70. The van der Waals surface area contributed by atoms with Crippen molar-refractivity contribution < 1.29 is 23.6 Å². The Hall–Kier alpha value is -2.98. The summed E-state index contributed by atoms with van der Waals surface area (Å²) < 4.78 is 11.4. The highest BCUT2D eigenvalue weighted by molar-refractivity contribution is 7.09. The molecule has 9 nitrogen and oxygen atoms in total. The molecule has 5 unspecified atom stereocenters. The van der Waals surface area contributed by atoms with Crippen LogP contribution in [0, 0.1) is 18.8 Å². The van der Waals surface area contributed by atoms with Crippen LogP contribution >= 0.6 is 11.3 Å². The number of carbonyl (C=O) groups excluding carboxylic acids is 3. The van der Waals surface area contributed by atoms with Crippen LogP contribution in [0.3, 0.4) is 0 Å². The quantitative estimate of drug-likeness (QED) is 0.612. The molecule has 0 radical (unpaired) electrons. The summed E-state index contributed by atoms with van der Waals surface area (Å²) in [5.41, 5.74) is -1.16. The number of nitrogens with zero attached hydrogens (tertiary/aromatic N) is 2. The molecule has 10 heteroatoms. The zero-order chi connectivity index (χ0) is 23.4. The van der Waals surface area contributed by atoms with Crippen LogP contribution in [-0.2, 0) is 25.7 Å². The molecule has 34 heavy (non-hydrogen) atoms. The van der Waals surface area contributed by atoms with Crippen molar-refractivity contribution in [1.29, 1.82) is 0 Å². The highest BCUT2D eigenvalue weighted by Gasteiger charge is 2.72. The minimum atomic E-state index is -1.16. The Balaban J connectivity index is 1.33. The van der Waals surface area contributed by atoms with E-state index in [0.717, 1.165) is 30.6 Å². The highest BCUT2D eigenvalue weighted by Crippen LogP contribution is 2.55. The van der Waals surface area contributed by atoms with E-state index >= 15 is 0 Å². The standard InChI is InChI=1S/C24H26N4O5S/c1-13-11-17(27-33-13)26-21(29)18-16-8-9-24(32-16)19(18)23(31)28(12-15-7-4-10-34-15)20(24)22(30)25-14-5-2-3-6-14/h4,7-11,14,16,18-20H,2-3,5-6,12H2,1H3,(H,25,30)(H,26,27,29). The first-order chi connectivity index (χ1) is 16.5. The number of thiophene rings is 1. The Morgan fingerprint density at radius 3 is 2.82 bits per heavy atom. The SMILES string of the molecule is Cc1cc(NC(=O)C2C3C=CC4(O3)C2C(=O)N(Cc2cccs2)C4C(=O)NC2CCCC2)no1. The van der Waals surface area contributed by atoms with Gasteiger partial charge in [-0.1, -0.05) is 36.2 Å². The Labute approximate surface area is 200 Å². The van der Waals surface area contributed by atoms with Gasteiger partial charge in [0.1, 0.15) is 17.4 Å². The minimum absolute atomic E-state index is 0.110. The van der Waals surface area contributed by atoms with Crippen LogP contribution in [0.1, 0.15) is 36.3 Å². The second kappa shape index (κ2) is 8.06. The van der Waals surface area contributed by atoms with Gasteiger partial charge in [-0.2, -0.15) is 0 Å². The number of fused-ring (bicyclic) bond motifs is 1. The Bertz CT molecular complexity index is 1150. The highest BCUT2D eigenvalue weighted by atomic mass is 32.1. The van der Waals surface area contributed by atoms with E-state index in [0.29, 0.717) is 18.1 Å². The number of ether oxygens (including phenoxy) is 1. The zero-order valence-electron chi connectivity index (χ0n) is 18.7. The monoisotopic (exact) mass is 482 g/mol. The maximum Gasteiger partial charge on any atom is 0.246 e. The number of aryl methyl sites for hydroxylation is 1. The van der Waals surface area contributed by atoms with Crippen molar-refractivity contribution in [2.75, 3.05) is 5.32 Å². The number of nitrogens with one attached hydrogen (secondary N) is 2. The van der Waals surface area contributed by atoms with Gasteiger partial charge in [-0.05, 0) is 31.2 Å². The van der Waals surface area contributed by atoms with Gasteiger partial charge in [-0.3, -0.25) is 14.4 Å². The Kier molecular flexibility index (Phi) is 5.11. The summed E-state index contributed by atoms with van der Waals surface area (Å²) >= 11 is 1.53. The zero-order valence-corrected chi connectivity index (χ0v) is 19.5. The van der Waals surface area contributed by atoms with E-state index in [1.165, 1.54) is 11.3 Å². The maximum absolute atomic E-state index is 13.8. The fraction of sp³-hybridized carbons (Fsp3) is 0.500. The summed E-state index contributed by atoms with van der Waals surface area (Å²) in [5.74, 6) is -1.49. The summed E-state index contributed by atoms with van der Waals surface area (Å²) in [6, 6.07) is 4.76. The largest absolute Gasteiger partial charge is 0.360 e. The van der Waals surface area contributed by atoms with Crippen LogP contribution in [0.4, 0.5) is 5.82 Å². The third-order valence-corrected chi connectivity index (χ3v) is 8.27. The fourth-order valence-electron chi connectivity index (χ4n) is 5.99. The van der Waals surface area contributed by atoms with E-state index in [9.17, 15) is 14.4 Å². The van der Waals surface area contributed by atoms with Crippen LogP contribution in [-0.4, -0.2) is 51.6 Å². The molecule has 2 bridgehead atoms. The van der Waals surface area contributed by atoms with Crippen LogP contribution < -0.4 is 10.6 Å². The summed E-state index contributed by atoms with van der Waals surface area (Å²) in [4.78, 5) is 43.4. The molecule has 1 saturated carbocycles. The lowest BCUT2D eigenvalue weighted by atomic mass is 9.74. The lowest BCUT2D eigenvalue weighted by Crippen LogP contribution is -2.55. The average molecular weight is 483 g/mol. The molecule has 2 aromatic rings. The summed E-state index contributed by atoms with van der Waals surface area (Å²) in [7, 11) is 0. The molecule has 3 fully saturated rings. The van der Waals surface area contributed by atoms with Crippen molar-refractivity contribution in [1.82, 2.24) is 15.4 Å². The molecule has 3 amide bonds. The van der Waals surface area contributed by atoms with Crippen molar-refractivity contribution in [3.8, 4) is 0 Å². The molecule has 1 aliphatic carbocycles. The van der Waals surface area contributed by atoms with Gasteiger partial charge in [0.15, 0.2) is 5.82 Å². The number of anilines is 1. The molecular weight excluding hydrogens is 456 g/mol. The van der Waals surface area contributed by atoms with Crippen LogP contribution in [0.5, 0.6) is 0 Å². The Morgan fingerprint density at radius 1 is 1.29 bits per heavy atom. The summed E-state index contributed by atoms with van der Waals surface area (Å²) in [6.45, 7) is 2.04. The van der Waals surface area contributed by atoms with E-state index in [1.54, 1.807) is 17.9 Å². The van der Waals surface area contributed by atoms with E-state index in [-0.39, 0.29) is 23.8 Å². The van der Waals surface area contributed by atoms with Crippen molar-refractivity contribution in [3.05, 3.63) is 46.4 Å². The first-order valence-corrected chi connectivity index (χ1v) is 12.6. The number of hydrogen-bond donors (Lipinski definition) is 2. The number of likely N-dealkylation sites (tertiary alicyclic amines) is 1. The van der Waals surface area contributed by atoms with Crippen molar-refractivity contribution in [2.24, 2.45) is 11.8 Å². The molecular formula is C24H26N4O5S. The maximum atomic E-state index is 13.8. The van der Waals surface area contributed by atoms with Crippen molar-refractivity contribution in [2.45, 2.75) is 62.9 Å². The molecule has 0 aromatic carbocycles. The molecule has 178 valence electrons. The molecule has 5 atom stereocenters. The molecule has 3 aliphatic heterocycles. The number of rotatable bonds is 6. The lowest BCUT2D eigenvalue weighted by molar-refractivity contribution is -0.142. The average Bonchev–Trinajstić information content (AvgIpc) is 3.62. The van der Waals surface area contributed by atoms with Gasteiger partial charge in [-0.25, -0.2) is 0 Å². The predicted octanol–water partition coefficient (Wildman–Crippen LogP) is 2.39. The third-order valence-electron chi connectivity index (χ3n) is 7.41. The van der Waals surface area contributed by atoms with E-state index < -0.39 is 29.6 Å². The third kappa shape index (κ3) is 3.31. The second-order valence-corrected chi connectivity index (χ2v) is 10.6. The first kappa shape index (κ1) is 21.5. The minimum Gasteiger partial charge on any atom is -0.360 e. The smallest absolute Gasteiger partial charge is 0.246 e. The van der Waals surface area contributed by atoms with Gasteiger partial charge in [0.2, 0.25) is 17.7 Å². The van der Waals surface area contributed by atoms with Gasteiger partial charge in [0, 0.05) is 17.0 Å².